The van der Waals surface area contributed by atoms with Gasteiger partial charge in [0.15, 0.2) is 0 Å². The van der Waals surface area contributed by atoms with Crippen LogP contribution in [0.1, 0.15) is 21.5 Å². The molecule has 5 nitrogen and oxygen atoms in total. The van der Waals surface area contributed by atoms with Crippen LogP contribution in [0.2, 0.25) is 5.02 Å². The Morgan fingerprint density at radius 3 is 2.15 bits per heavy atom. The van der Waals surface area contributed by atoms with Crippen LogP contribution >= 0.6 is 11.6 Å². The van der Waals surface area contributed by atoms with Crippen LogP contribution < -0.4 is 9.62 Å². The molecule has 0 radical (unpaired) electrons. The first-order valence-corrected chi connectivity index (χ1v) is 11.6. The number of carbonyl (C=O) groups excluding carboxylic acids is 1. The van der Waals surface area contributed by atoms with E-state index in [1.54, 1.807) is 0 Å². The van der Waals surface area contributed by atoms with Crippen LogP contribution in [-0.2, 0) is 22.7 Å². The summed E-state index contributed by atoms with van der Waals surface area (Å²) < 4.78 is 77.5. The first kappa shape index (κ1) is 24.5. The lowest BCUT2D eigenvalue weighted by Gasteiger charge is -2.23. The summed E-state index contributed by atoms with van der Waals surface area (Å²) in [5, 5.41) is 2.25. The monoisotopic (exact) mass is 500 g/mol. The van der Waals surface area contributed by atoms with Gasteiger partial charge in [-0.3, -0.25) is 9.10 Å². The number of hydrogen-bond acceptors (Lipinski definition) is 3. The molecule has 174 valence electrons. The van der Waals surface area contributed by atoms with Crippen molar-refractivity contribution >= 4 is 38.9 Å². The number of benzene rings is 3. The maximum atomic E-state index is 13.1. The normalized spacial score (nSPS) is 11.8. The van der Waals surface area contributed by atoms with Gasteiger partial charge in [0.1, 0.15) is 5.82 Å². The van der Waals surface area contributed by atoms with E-state index in [1.807, 2.05) is 0 Å². The van der Waals surface area contributed by atoms with Gasteiger partial charge in [-0.15, -0.1) is 0 Å². The molecule has 0 heterocycles. The van der Waals surface area contributed by atoms with Gasteiger partial charge in [-0.25, -0.2) is 12.8 Å². The van der Waals surface area contributed by atoms with Crippen molar-refractivity contribution in [3.05, 3.63) is 94.3 Å². The molecule has 1 amide bonds. The lowest BCUT2D eigenvalue weighted by Crippen LogP contribution is -2.29. The van der Waals surface area contributed by atoms with E-state index in [2.05, 4.69) is 5.32 Å². The lowest BCUT2D eigenvalue weighted by molar-refractivity contribution is -0.137. The summed E-state index contributed by atoms with van der Waals surface area (Å²) in [6.45, 7) is -0.0650. The molecule has 3 aromatic carbocycles. The zero-order valence-electron chi connectivity index (χ0n) is 17.0. The highest BCUT2D eigenvalue weighted by molar-refractivity contribution is 7.92. The van der Waals surface area contributed by atoms with Crippen molar-refractivity contribution < 1.29 is 30.8 Å². The van der Waals surface area contributed by atoms with Crippen LogP contribution in [0.3, 0.4) is 0 Å². The molecule has 0 aliphatic carbocycles. The molecule has 0 aromatic heterocycles. The fourth-order valence-electron chi connectivity index (χ4n) is 2.93. The molecule has 0 saturated heterocycles. The molecule has 0 aliphatic rings. The first-order chi connectivity index (χ1) is 15.3. The molecule has 0 aliphatic heterocycles. The Morgan fingerprint density at radius 2 is 1.61 bits per heavy atom. The molecular formula is C22H17ClF4N2O3S. The van der Waals surface area contributed by atoms with Gasteiger partial charge in [-0.2, -0.15) is 13.2 Å². The van der Waals surface area contributed by atoms with E-state index in [0.29, 0.717) is 5.56 Å². The molecule has 3 rings (SSSR count). The van der Waals surface area contributed by atoms with Crippen molar-refractivity contribution in [1.29, 1.82) is 0 Å². The van der Waals surface area contributed by atoms with Gasteiger partial charge in [0.2, 0.25) is 10.0 Å². The summed E-state index contributed by atoms with van der Waals surface area (Å²) in [7, 11) is -3.72. The van der Waals surface area contributed by atoms with Gasteiger partial charge in [0, 0.05) is 5.56 Å². The van der Waals surface area contributed by atoms with Crippen LogP contribution in [0.4, 0.5) is 28.9 Å². The summed E-state index contributed by atoms with van der Waals surface area (Å²) in [5.41, 5.74) is -0.322. The van der Waals surface area contributed by atoms with Gasteiger partial charge in [-0.1, -0.05) is 23.7 Å². The quantitative estimate of drug-likeness (QED) is 0.440. The molecule has 0 atom stereocenters. The predicted octanol–water partition coefficient (Wildman–Crippen LogP) is 5.72. The number of hydrogen-bond donors (Lipinski definition) is 1. The maximum absolute atomic E-state index is 13.1. The van der Waals surface area contributed by atoms with Gasteiger partial charge in [-0.05, 0) is 60.2 Å². The molecular weight excluding hydrogens is 484 g/mol. The van der Waals surface area contributed by atoms with Crippen LogP contribution in [0.25, 0.3) is 0 Å². The molecule has 3 aromatic rings. The van der Waals surface area contributed by atoms with E-state index in [9.17, 15) is 30.8 Å². The Morgan fingerprint density at radius 1 is 1.00 bits per heavy atom. The van der Waals surface area contributed by atoms with Gasteiger partial charge in [0.25, 0.3) is 5.91 Å². The predicted molar refractivity (Wildman–Crippen MR) is 118 cm³/mol. The second-order valence-corrected chi connectivity index (χ2v) is 9.40. The van der Waals surface area contributed by atoms with Crippen molar-refractivity contribution in [1.82, 2.24) is 0 Å². The molecule has 0 unspecified atom stereocenters. The van der Waals surface area contributed by atoms with E-state index < -0.39 is 33.5 Å². The van der Waals surface area contributed by atoms with Gasteiger partial charge >= 0.3 is 6.18 Å². The average molecular weight is 501 g/mol. The Kier molecular flexibility index (Phi) is 6.99. The van der Waals surface area contributed by atoms with Crippen molar-refractivity contribution in [3.8, 4) is 0 Å². The van der Waals surface area contributed by atoms with Crippen LogP contribution in [-0.4, -0.2) is 20.6 Å². The second-order valence-electron chi connectivity index (χ2n) is 7.09. The minimum Gasteiger partial charge on any atom is -0.321 e. The molecule has 11 heteroatoms. The Labute approximate surface area is 192 Å². The van der Waals surface area contributed by atoms with Crippen LogP contribution in [0.15, 0.2) is 66.7 Å². The van der Waals surface area contributed by atoms with E-state index >= 15 is 0 Å². The number of anilines is 2. The minimum atomic E-state index is -4.61. The summed E-state index contributed by atoms with van der Waals surface area (Å²) in [4.78, 5) is 12.5. The standard InChI is InChI=1S/C22H17ClF4N2O3S/c1-33(31,32)29(13-14-2-7-17(24)8-3-14)18-9-4-15(5-10-18)21(30)28-20-12-16(22(25,26)27)6-11-19(20)23/h2-12H,13H2,1H3,(H,28,30). The minimum absolute atomic E-state index is 0.0650. The number of amides is 1. The molecule has 0 bridgehead atoms. The Balaban J connectivity index is 1.82. The molecule has 0 fully saturated rings. The second kappa shape index (κ2) is 9.40. The number of carbonyl (C=O) groups is 1. The summed E-state index contributed by atoms with van der Waals surface area (Å²) in [5.74, 6) is -1.19. The van der Waals surface area contributed by atoms with Crippen LogP contribution in [0, 0.1) is 5.82 Å². The molecule has 33 heavy (non-hydrogen) atoms. The number of nitrogens with zero attached hydrogens (tertiary/aromatic N) is 1. The van der Waals surface area contributed by atoms with E-state index in [-0.39, 0.29) is 28.5 Å². The molecule has 1 N–H and O–H groups in total. The SMILES string of the molecule is CS(=O)(=O)N(Cc1ccc(F)cc1)c1ccc(C(=O)Nc2cc(C(F)(F)F)ccc2Cl)cc1. The van der Waals surface area contributed by atoms with Gasteiger partial charge < -0.3 is 5.32 Å². The topological polar surface area (TPSA) is 66.5 Å². The van der Waals surface area contributed by atoms with E-state index in [0.717, 1.165) is 28.8 Å². The highest BCUT2D eigenvalue weighted by Gasteiger charge is 2.31. The summed E-state index contributed by atoms with van der Waals surface area (Å²) >= 11 is 5.90. The van der Waals surface area contributed by atoms with Crippen molar-refractivity contribution in [2.24, 2.45) is 0 Å². The number of rotatable bonds is 6. The fraction of sp³-hybridized carbons (Fsp3) is 0.136. The summed E-state index contributed by atoms with van der Waals surface area (Å²) in [6.07, 6.45) is -3.60. The number of alkyl halides is 3. The maximum Gasteiger partial charge on any atom is 0.416 e. The average Bonchev–Trinajstić information content (AvgIpc) is 2.73. The van der Waals surface area contributed by atoms with Crippen molar-refractivity contribution in [2.75, 3.05) is 15.9 Å². The third-order valence-corrected chi connectivity index (χ3v) is 6.07. The number of halogens is 5. The van der Waals surface area contributed by atoms with E-state index in [1.165, 1.54) is 48.5 Å². The van der Waals surface area contributed by atoms with Crippen molar-refractivity contribution in [2.45, 2.75) is 12.7 Å². The van der Waals surface area contributed by atoms with Gasteiger partial charge in [0.05, 0.1) is 34.8 Å². The largest absolute Gasteiger partial charge is 0.416 e. The zero-order chi connectivity index (χ0) is 24.4. The highest BCUT2D eigenvalue weighted by atomic mass is 35.5. The summed E-state index contributed by atoms with van der Waals surface area (Å²) in [6, 6.07) is 13.3. The fourth-order valence-corrected chi connectivity index (χ4v) is 3.98. The lowest BCUT2D eigenvalue weighted by atomic mass is 10.1. The number of nitrogens with one attached hydrogen (secondary N) is 1. The third kappa shape index (κ3) is 6.23. The molecule has 0 saturated carbocycles. The Bertz CT molecular complexity index is 1260. The third-order valence-electron chi connectivity index (χ3n) is 4.60. The van der Waals surface area contributed by atoms with Crippen molar-refractivity contribution in [3.63, 3.8) is 0 Å². The first-order valence-electron chi connectivity index (χ1n) is 9.35. The number of sulfonamides is 1. The van der Waals surface area contributed by atoms with Crippen LogP contribution in [0.5, 0.6) is 0 Å². The highest BCUT2D eigenvalue weighted by Crippen LogP contribution is 2.34. The molecule has 0 spiro atoms. The zero-order valence-corrected chi connectivity index (χ0v) is 18.6. The smallest absolute Gasteiger partial charge is 0.321 e. The van der Waals surface area contributed by atoms with E-state index in [4.69, 9.17) is 11.6 Å². The Hall–Kier alpha value is -3.11.